The second kappa shape index (κ2) is 7.51. The van der Waals surface area contributed by atoms with Crippen LogP contribution in [0.3, 0.4) is 0 Å². The summed E-state index contributed by atoms with van der Waals surface area (Å²) in [4.78, 5) is 38.8. The Bertz CT molecular complexity index is 467. The van der Waals surface area contributed by atoms with Crippen LogP contribution >= 0.6 is 0 Å². The fourth-order valence-electron chi connectivity index (χ4n) is 3.34. The standard InChI is InChI=1S/C16H23NO6/c18-14(11-4-2-8-22-11)13-15(19)12(23-16(13)20)3-1-5-17-6-9-21-10-7-17/h11-13H,1-10H2. The van der Waals surface area contributed by atoms with Crippen LogP contribution in [0.25, 0.3) is 0 Å². The lowest BCUT2D eigenvalue weighted by Crippen LogP contribution is -2.37. The van der Waals surface area contributed by atoms with E-state index in [0.29, 0.717) is 19.4 Å². The van der Waals surface area contributed by atoms with Crippen molar-refractivity contribution >= 4 is 17.5 Å². The highest BCUT2D eigenvalue weighted by molar-refractivity contribution is 6.22. The van der Waals surface area contributed by atoms with Crippen molar-refractivity contribution in [2.45, 2.75) is 37.9 Å². The molecule has 3 aliphatic heterocycles. The SMILES string of the molecule is O=C1OC(CCCN2CCOCC2)C(=O)C1C(=O)C1CCCO1. The first-order chi connectivity index (χ1) is 11.2. The van der Waals surface area contributed by atoms with E-state index < -0.39 is 35.7 Å². The molecule has 3 aliphatic rings. The molecule has 0 aromatic heterocycles. The minimum atomic E-state index is -1.27. The Morgan fingerprint density at radius 3 is 2.65 bits per heavy atom. The average Bonchev–Trinajstić information content (AvgIpc) is 3.17. The third kappa shape index (κ3) is 3.79. The third-order valence-electron chi connectivity index (χ3n) is 4.67. The van der Waals surface area contributed by atoms with Crippen LogP contribution in [0, 0.1) is 5.92 Å². The van der Waals surface area contributed by atoms with Crippen molar-refractivity contribution < 1.29 is 28.6 Å². The van der Waals surface area contributed by atoms with Crippen molar-refractivity contribution in [2.75, 3.05) is 39.5 Å². The number of rotatable bonds is 6. The molecule has 3 unspecified atom stereocenters. The van der Waals surface area contributed by atoms with Gasteiger partial charge in [-0.15, -0.1) is 0 Å². The molecule has 7 nitrogen and oxygen atoms in total. The first-order valence-electron chi connectivity index (χ1n) is 8.36. The van der Waals surface area contributed by atoms with Crippen LogP contribution in [0.2, 0.25) is 0 Å². The van der Waals surface area contributed by atoms with Gasteiger partial charge in [-0.3, -0.25) is 19.3 Å². The number of morpholine rings is 1. The molecule has 0 saturated carbocycles. The Kier molecular flexibility index (Phi) is 5.40. The molecule has 3 heterocycles. The van der Waals surface area contributed by atoms with Crippen LogP contribution in [0.1, 0.15) is 25.7 Å². The summed E-state index contributed by atoms with van der Waals surface area (Å²) in [5.74, 6) is -2.79. The van der Waals surface area contributed by atoms with Crippen molar-refractivity contribution in [1.29, 1.82) is 0 Å². The second-order valence-electron chi connectivity index (χ2n) is 6.26. The summed E-state index contributed by atoms with van der Waals surface area (Å²) in [6.07, 6.45) is 1.19. The van der Waals surface area contributed by atoms with Crippen molar-refractivity contribution in [3.63, 3.8) is 0 Å². The summed E-state index contributed by atoms with van der Waals surface area (Å²) in [6.45, 7) is 4.59. The first-order valence-corrected chi connectivity index (χ1v) is 8.36. The maximum Gasteiger partial charge on any atom is 0.325 e. The van der Waals surface area contributed by atoms with E-state index in [1.54, 1.807) is 0 Å². The highest BCUT2D eigenvalue weighted by Gasteiger charge is 2.49. The van der Waals surface area contributed by atoms with Crippen molar-refractivity contribution in [3.8, 4) is 0 Å². The van der Waals surface area contributed by atoms with Crippen LogP contribution in [0.5, 0.6) is 0 Å². The zero-order valence-electron chi connectivity index (χ0n) is 13.2. The molecule has 3 saturated heterocycles. The van der Waals surface area contributed by atoms with Crippen LogP contribution in [-0.2, 0) is 28.6 Å². The van der Waals surface area contributed by atoms with Crippen molar-refractivity contribution in [1.82, 2.24) is 4.90 Å². The molecular weight excluding hydrogens is 302 g/mol. The monoisotopic (exact) mass is 325 g/mol. The lowest BCUT2D eigenvalue weighted by atomic mass is 9.92. The number of Topliss-reactive ketones (excluding diaryl/α,β-unsaturated/α-hetero) is 2. The summed E-state index contributed by atoms with van der Waals surface area (Å²) in [7, 11) is 0. The largest absolute Gasteiger partial charge is 0.453 e. The van der Waals surface area contributed by atoms with E-state index in [1.165, 1.54) is 0 Å². The van der Waals surface area contributed by atoms with Crippen LogP contribution in [-0.4, -0.2) is 74.1 Å². The summed E-state index contributed by atoms with van der Waals surface area (Å²) in [6, 6.07) is 0. The lowest BCUT2D eigenvalue weighted by molar-refractivity contribution is -0.149. The van der Waals surface area contributed by atoms with E-state index in [2.05, 4.69) is 4.90 Å². The molecule has 0 aromatic carbocycles. The van der Waals surface area contributed by atoms with Gasteiger partial charge in [-0.25, -0.2) is 0 Å². The number of carbonyl (C=O) groups is 3. The fourth-order valence-corrected chi connectivity index (χ4v) is 3.34. The zero-order valence-corrected chi connectivity index (χ0v) is 13.2. The van der Waals surface area contributed by atoms with Gasteiger partial charge < -0.3 is 14.2 Å². The quantitative estimate of drug-likeness (QED) is 0.500. The fraction of sp³-hybridized carbons (Fsp3) is 0.812. The van der Waals surface area contributed by atoms with Gasteiger partial charge in [0.1, 0.15) is 6.10 Å². The van der Waals surface area contributed by atoms with E-state index in [0.717, 1.165) is 45.7 Å². The zero-order chi connectivity index (χ0) is 16.2. The van der Waals surface area contributed by atoms with Crippen LogP contribution < -0.4 is 0 Å². The Balaban J connectivity index is 1.48. The number of hydrogen-bond acceptors (Lipinski definition) is 7. The van der Waals surface area contributed by atoms with Crippen molar-refractivity contribution in [3.05, 3.63) is 0 Å². The maximum atomic E-state index is 12.3. The number of hydrogen-bond donors (Lipinski definition) is 0. The van der Waals surface area contributed by atoms with Gasteiger partial charge in [0.25, 0.3) is 0 Å². The number of ketones is 2. The van der Waals surface area contributed by atoms with Gasteiger partial charge in [0.2, 0.25) is 0 Å². The number of nitrogens with zero attached hydrogens (tertiary/aromatic N) is 1. The molecule has 3 atom stereocenters. The predicted octanol–water partition coefficient (Wildman–Crippen LogP) is -0.0424. The number of ether oxygens (including phenoxy) is 3. The van der Waals surface area contributed by atoms with Gasteiger partial charge in [0.05, 0.1) is 13.2 Å². The normalized spacial score (nSPS) is 32.3. The molecule has 3 rings (SSSR count). The number of cyclic esters (lactones) is 1. The van der Waals surface area contributed by atoms with Crippen LogP contribution in [0.15, 0.2) is 0 Å². The minimum absolute atomic E-state index is 0.391. The van der Waals surface area contributed by atoms with Crippen molar-refractivity contribution in [2.24, 2.45) is 5.92 Å². The molecule has 7 heteroatoms. The smallest absolute Gasteiger partial charge is 0.325 e. The highest BCUT2D eigenvalue weighted by Crippen LogP contribution is 2.26. The summed E-state index contributed by atoms with van der Waals surface area (Å²) in [5.41, 5.74) is 0. The molecule has 0 aromatic rings. The predicted molar refractivity (Wildman–Crippen MR) is 78.9 cm³/mol. The third-order valence-corrected chi connectivity index (χ3v) is 4.67. The molecule has 23 heavy (non-hydrogen) atoms. The van der Waals surface area contributed by atoms with E-state index in [-0.39, 0.29) is 0 Å². The van der Waals surface area contributed by atoms with Gasteiger partial charge in [-0.2, -0.15) is 0 Å². The topological polar surface area (TPSA) is 82.1 Å². The summed E-state index contributed by atoms with van der Waals surface area (Å²) in [5, 5.41) is 0. The Hall–Kier alpha value is -1.31. The highest BCUT2D eigenvalue weighted by atomic mass is 16.6. The van der Waals surface area contributed by atoms with Crippen LogP contribution in [0.4, 0.5) is 0 Å². The second-order valence-corrected chi connectivity index (χ2v) is 6.26. The Labute approximate surface area is 135 Å². The Morgan fingerprint density at radius 2 is 1.96 bits per heavy atom. The number of carbonyl (C=O) groups excluding carboxylic acids is 3. The van der Waals surface area contributed by atoms with E-state index in [1.807, 2.05) is 0 Å². The maximum absolute atomic E-state index is 12.3. The molecule has 0 spiro atoms. The molecule has 0 aliphatic carbocycles. The molecular formula is C16H23NO6. The molecule has 128 valence electrons. The van der Waals surface area contributed by atoms with Gasteiger partial charge in [0.15, 0.2) is 23.6 Å². The lowest BCUT2D eigenvalue weighted by Gasteiger charge is -2.26. The summed E-state index contributed by atoms with van der Waals surface area (Å²) >= 11 is 0. The molecule has 0 bridgehead atoms. The number of esters is 1. The van der Waals surface area contributed by atoms with Gasteiger partial charge >= 0.3 is 5.97 Å². The van der Waals surface area contributed by atoms with Gasteiger partial charge in [-0.05, 0) is 32.2 Å². The minimum Gasteiger partial charge on any atom is -0.453 e. The first kappa shape index (κ1) is 16.5. The molecule has 0 amide bonds. The van der Waals surface area contributed by atoms with E-state index >= 15 is 0 Å². The van der Waals surface area contributed by atoms with Gasteiger partial charge in [0, 0.05) is 19.7 Å². The Morgan fingerprint density at radius 1 is 1.17 bits per heavy atom. The molecule has 0 N–H and O–H groups in total. The van der Waals surface area contributed by atoms with Gasteiger partial charge in [-0.1, -0.05) is 0 Å². The molecule has 0 radical (unpaired) electrons. The molecule has 3 fully saturated rings. The van der Waals surface area contributed by atoms with E-state index in [9.17, 15) is 14.4 Å². The average molecular weight is 325 g/mol. The van der Waals surface area contributed by atoms with E-state index in [4.69, 9.17) is 14.2 Å². The summed E-state index contributed by atoms with van der Waals surface area (Å²) < 4.78 is 15.7.